The van der Waals surface area contributed by atoms with Crippen molar-refractivity contribution in [1.82, 2.24) is 19.7 Å². The topological polar surface area (TPSA) is 69.6 Å². The third-order valence-corrected chi connectivity index (χ3v) is 3.94. The Balaban J connectivity index is 2.05. The third kappa shape index (κ3) is 3.62. The van der Waals surface area contributed by atoms with Crippen LogP contribution in [0, 0.1) is 0 Å². The molecular weight excluding hydrogens is 345 g/mol. The molecule has 0 unspecified atom stereocenters. The van der Waals surface area contributed by atoms with Crippen LogP contribution < -0.4 is 5.73 Å². The van der Waals surface area contributed by atoms with Crippen LogP contribution in [0.25, 0.3) is 12.0 Å². The maximum Gasteiger partial charge on any atom is 0.435 e. The average molecular weight is 359 g/mol. The molecule has 2 N–H and O–H groups in total. The van der Waals surface area contributed by atoms with Crippen LogP contribution >= 0.6 is 0 Å². The van der Waals surface area contributed by atoms with Crippen molar-refractivity contribution in [2.45, 2.75) is 37.8 Å². The Kier molecular flexibility index (Phi) is 4.21. The van der Waals surface area contributed by atoms with E-state index in [-0.39, 0.29) is 30.2 Å². The van der Waals surface area contributed by atoms with Gasteiger partial charge >= 0.3 is 6.18 Å². The zero-order valence-corrected chi connectivity index (χ0v) is 12.9. The first-order valence-electron chi connectivity index (χ1n) is 7.48. The monoisotopic (exact) mass is 359 g/mol. The molecule has 1 saturated carbocycles. The van der Waals surface area contributed by atoms with E-state index in [1.807, 2.05) is 0 Å². The van der Waals surface area contributed by atoms with Gasteiger partial charge in [0.05, 0.1) is 0 Å². The number of allylic oxidation sites excluding steroid dienone is 1. The Hall–Kier alpha value is -2.52. The smallest absolute Gasteiger partial charge is 0.383 e. The second-order valence-electron chi connectivity index (χ2n) is 5.76. The van der Waals surface area contributed by atoms with E-state index in [0.717, 1.165) is 4.68 Å². The summed E-state index contributed by atoms with van der Waals surface area (Å²) in [4.78, 5) is 7.67. The van der Waals surface area contributed by atoms with Gasteiger partial charge in [-0.1, -0.05) is 5.57 Å². The molecule has 0 amide bonds. The summed E-state index contributed by atoms with van der Waals surface area (Å²) in [5.74, 6) is -3.17. The van der Waals surface area contributed by atoms with E-state index < -0.39 is 30.6 Å². The first-order chi connectivity index (χ1) is 11.7. The number of halogens is 5. The van der Waals surface area contributed by atoms with Crippen molar-refractivity contribution >= 4 is 11.9 Å². The van der Waals surface area contributed by atoms with Gasteiger partial charge in [0.2, 0.25) is 5.92 Å². The highest BCUT2D eigenvalue weighted by Crippen LogP contribution is 2.40. The first-order valence-corrected chi connectivity index (χ1v) is 7.48. The lowest BCUT2D eigenvalue weighted by Crippen LogP contribution is -2.20. The van der Waals surface area contributed by atoms with E-state index in [1.165, 1.54) is 24.5 Å². The predicted molar refractivity (Wildman–Crippen MR) is 80.0 cm³/mol. The fourth-order valence-corrected chi connectivity index (χ4v) is 2.63. The van der Waals surface area contributed by atoms with Crippen LogP contribution in [0.1, 0.15) is 36.9 Å². The summed E-state index contributed by atoms with van der Waals surface area (Å²) in [5, 5.41) is 3.49. The standard InChI is InChI=1S/C15H14F5N5/c16-14(17)4-2-9(3-5-14)8-10-11(15(18,19)20)24-25(12(10)21)13-22-6-1-7-23-13/h1,6-8H,2-5,21H2. The fraction of sp³-hybridized carbons (Fsp3) is 0.400. The Bertz CT molecular complexity index is 783. The third-order valence-electron chi connectivity index (χ3n) is 3.94. The minimum atomic E-state index is -4.75. The highest BCUT2D eigenvalue weighted by atomic mass is 19.4. The number of aromatic nitrogens is 4. The molecule has 0 radical (unpaired) electrons. The Labute approximate surface area is 139 Å². The summed E-state index contributed by atoms with van der Waals surface area (Å²) >= 11 is 0. The minimum absolute atomic E-state index is 0.0107. The van der Waals surface area contributed by atoms with Crippen LogP contribution in [-0.4, -0.2) is 25.7 Å². The number of rotatable bonds is 2. The van der Waals surface area contributed by atoms with Crippen molar-refractivity contribution in [3.05, 3.63) is 35.3 Å². The number of anilines is 1. The molecule has 3 rings (SSSR count). The molecule has 5 nitrogen and oxygen atoms in total. The second-order valence-corrected chi connectivity index (χ2v) is 5.76. The molecule has 0 aromatic carbocycles. The minimum Gasteiger partial charge on any atom is -0.383 e. The summed E-state index contributed by atoms with van der Waals surface area (Å²) in [6, 6.07) is 1.50. The van der Waals surface area contributed by atoms with Crippen LogP contribution in [0.3, 0.4) is 0 Å². The van der Waals surface area contributed by atoms with E-state index in [2.05, 4.69) is 15.1 Å². The number of hydrogen-bond acceptors (Lipinski definition) is 4. The number of nitrogens with zero attached hydrogens (tertiary/aromatic N) is 4. The molecule has 1 aliphatic carbocycles. The van der Waals surface area contributed by atoms with E-state index >= 15 is 0 Å². The predicted octanol–water partition coefficient (Wildman–Crippen LogP) is 3.86. The second kappa shape index (κ2) is 6.08. The van der Waals surface area contributed by atoms with Gasteiger partial charge in [-0.3, -0.25) is 0 Å². The summed E-state index contributed by atoms with van der Waals surface area (Å²) in [6.45, 7) is 0. The average Bonchev–Trinajstić information content (AvgIpc) is 2.87. The summed E-state index contributed by atoms with van der Waals surface area (Å²) < 4.78 is 67.2. The van der Waals surface area contributed by atoms with Gasteiger partial charge in [-0.15, -0.1) is 0 Å². The molecule has 0 bridgehead atoms. The number of nitrogen functional groups attached to an aromatic ring is 1. The largest absolute Gasteiger partial charge is 0.435 e. The zero-order chi connectivity index (χ0) is 18.2. The Morgan fingerprint density at radius 1 is 1.12 bits per heavy atom. The maximum atomic E-state index is 13.3. The van der Waals surface area contributed by atoms with Crippen molar-refractivity contribution < 1.29 is 22.0 Å². The molecular formula is C15H14F5N5. The molecule has 25 heavy (non-hydrogen) atoms. The van der Waals surface area contributed by atoms with Gasteiger partial charge in [0, 0.05) is 30.8 Å². The van der Waals surface area contributed by atoms with Gasteiger partial charge in [0.25, 0.3) is 5.95 Å². The van der Waals surface area contributed by atoms with Crippen LogP contribution in [0.5, 0.6) is 0 Å². The summed E-state index contributed by atoms with van der Waals surface area (Å²) in [6.07, 6.45) is -1.62. The molecule has 0 saturated heterocycles. The maximum absolute atomic E-state index is 13.3. The molecule has 10 heteroatoms. The van der Waals surface area contributed by atoms with Crippen molar-refractivity contribution in [2.75, 3.05) is 5.73 Å². The molecule has 2 aromatic heterocycles. The van der Waals surface area contributed by atoms with Crippen molar-refractivity contribution in [3.8, 4) is 5.95 Å². The van der Waals surface area contributed by atoms with Crippen LogP contribution in [0.15, 0.2) is 24.0 Å². The van der Waals surface area contributed by atoms with Crippen molar-refractivity contribution in [3.63, 3.8) is 0 Å². The lowest BCUT2D eigenvalue weighted by molar-refractivity contribution is -0.141. The lowest BCUT2D eigenvalue weighted by atomic mass is 9.90. The Morgan fingerprint density at radius 2 is 1.72 bits per heavy atom. The van der Waals surface area contributed by atoms with Gasteiger partial charge in [0.15, 0.2) is 5.69 Å². The van der Waals surface area contributed by atoms with E-state index in [1.54, 1.807) is 0 Å². The quantitative estimate of drug-likeness (QED) is 0.827. The van der Waals surface area contributed by atoms with Gasteiger partial charge < -0.3 is 5.73 Å². The molecule has 1 aliphatic rings. The normalized spacial score (nSPS) is 17.6. The summed E-state index contributed by atoms with van der Waals surface area (Å²) in [5.41, 5.74) is 4.77. The fourth-order valence-electron chi connectivity index (χ4n) is 2.63. The van der Waals surface area contributed by atoms with Crippen LogP contribution in [0.2, 0.25) is 0 Å². The van der Waals surface area contributed by atoms with Gasteiger partial charge in [0.1, 0.15) is 5.82 Å². The SMILES string of the molecule is Nc1c(C=C2CCC(F)(F)CC2)c(C(F)(F)F)nn1-c1ncccn1. The lowest BCUT2D eigenvalue weighted by Gasteiger charge is -2.23. The molecule has 0 spiro atoms. The number of alkyl halides is 5. The van der Waals surface area contributed by atoms with Crippen molar-refractivity contribution in [2.24, 2.45) is 0 Å². The van der Waals surface area contributed by atoms with Gasteiger partial charge in [-0.05, 0) is 25.0 Å². The van der Waals surface area contributed by atoms with Crippen LogP contribution in [-0.2, 0) is 6.18 Å². The summed E-state index contributed by atoms with van der Waals surface area (Å²) in [7, 11) is 0. The molecule has 134 valence electrons. The van der Waals surface area contributed by atoms with Crippen LogP contribution in [0.4, 0.5) is 27.8 Å². The molecule has 2 heterocycles. The van der Waals surface area contributed by atoms with Gasteiger partial charge in [-0.2, -0.15) is 23.0 Å². The molecule has 2 aromatic rings. The first kappa shape index (κ1) is 17.3. The van der Waals surface area contributed by atoms with E-state index in [0.29, 0.717) is 5.57 Å². The number of hydrogen-bond donors (Lipinski definition) is 1. The van der Waals surface area contributed by atoms with Gasteiger partial charge in [-0.25, -0.2) is 18.7 Å². The zero-order valence-electron chi connectivity index (χ0n) is 12.9. The number of nitrogens with two attached hydrogens (primary N) is 1. The molecule has 0 aliphatic heterocycles. The van der Waals surface area contributed by atoms with E-state index in [9.17, 15) is 22.0 Å². The van der Waals surface area contributed by atoms with Crippen molar-refractivity contribution in [1.29, 1.82) is 0 Å². The molecule has 0 atom stereocenters. The highest BCUT2D eigenvalue weighted by molar-refractivity contribution is 5.67. The Morgan fingerprint density at radius 3 is 2.28 bits per heavy atom. The molecule has 1 fully saturated rings. The highest BCUT2D eigenvalue weighted by Gasteiger charge is 2.39. The van der Waals surface area contributed by atoms with E-state index in [4.69, 9.17) is 5.73 Å².